The van der Waals surface area contributed by atoms with Crippen LogP contribution >= 0.6 is 0 Å². The molecular weight excluding hydrogens is 238 g/mol. The average molecular weight is 261 g/mol. The summed E-state index contributed by atoms with van der Waals surface area (Å²) in [6, 6.07) is 2.06. The summed E-state index contributed by atoms with van der Waals surface area (Å²) in [5.41, 5.74) is 9.43. The second kappa shape index (κ2) is 4.97. The summed E-state index contributed by atoms with van der Waals surface area (Å²) in [6.45, 7) is 6.45. The van der Waals surface area contributed by atoms with Gasteiger partial charge in [-0.2, -0.15) is 0 Å². The van der Waals surface area contributed by atoms with Crippen molar-refractivity contribution < 1.29 is 9.53 Å². The summed E-state index contributed by atoms with van der Waals surface area (Å²) in [7, 11) is 1.63. The van der Waals surface area contributed by atoms with Crippen molar-refractivity contribution in [2.75, 3.05) is 13.7 Å². The maximum atomic E-state index is 12.9. The lowest BCUT2D eigenvalue weighted by molar-refractivity contribution is 0.0631. The molecule has 0 atom stereocenters. The molecule has 3 nitrogen and oxygen atoms in total. The fourth-order valence-electron chi connectivity index (χ4n) is 2.98. The lowest BCUT2D eigenvalue weighted by Crippen LogP contribution is -2.44. The number of hydrogen-bond donors (Lipinski definition) is 1. The highest BCUT2D eigenvalue weighted by atomic mass is 16.5. The first-order valence-electron chi connectivity index (χ1n) is 6.86. The molecular formula is C16H23NO2. The van der Waals surface area contributed by atoms with Crippen LogP contribution in [0.1, 0.15) is 46.3 Å². The molecule has 0 heterocycles. The molecule has 1 saturated carbocycles. The molecule has 1 aliphatic rings. The van der Waals surface area contributed by atoms with E-state index in [4.69, 9.17) is 10.5 Å². The highest BCUT2D eigenvalue weighted by molar-refractivity contribution is 6.05. The van der Waals surface area contributed by atoms with Gasteiger partial charge in [0.25, 0.3) is 0 Å². The van der Waals surface area contributed by atoms with Gasteiger partial charge in [0.05, 0.1) is 12.7 Å². The zero-order valence-electron chi connectivity index (χ0n) is 12.3. The zero-order valence-corrected chi connectivity index (χ0v) is 12.3. The van der Waals surface area contributed by atoms with Crippen LogP contribution in [0.4, 0.5) is 0 Å². The third-order valence-electron chi connectivity index (χ3n) is 4.60. The molecule has 0 aromatic heterocycles. The summed E-state index contributed by atoms with van der Waals surface area (Å²) in [5, 5.41) is 0. The van der Waals surface area contributed by atoms with E-state index in [2.05, 4.69) is 6.07 Å². The molecule has 0 saturated heterocycles. The maximum absolute atomic E-state index is 12.9. The van der Waals surface area contributed by atoms with Gasteiger partial charge < -0.3 is 10.5 Å². The van der Waals surface area contributed by atoms with Gasteiger partial charge in [-0.3, -0.25) is 4.79 Å². The van der Waals surface area contributed by atoms with Crippen molar-refractivity contribution in [2.45, 2.75) is 40.0 Å². The molecule has 1 aromatic carbocycles. The van der Waals surface area contributed by atoms with Crippen LogP contribution in [-0.2, 0) is 0 Å². The van der Waals surface area contributed by atoms with E-state index in [0.29, 0.717) is 6.54 Å². The minimum Gasteiger partial charge on any atom is -0.496 e. The predicted molar refractivity (Wildman–Crippen MR) is 76.9 cm³/mol. The molecule has 1 aromatic rings. The summed E-state index contributed by atoms with van der Waals surface area (Å²) in [6.07, 6.45) is 2.89. The van der Waals surface area contributed by atoms with E-state index < -0.39 is 0 Å². The molecule has 0 aliphatic heterocycles. The number of ketones is 1. The van der Waals surface area contributed by atoms with Crippen LogP contribution < -0.4 is 10.5 Å². The Bertz CT molecular complexity index is 510. The Morgan fingerprint density at radius 1 is 1.32 bits per heavy atom. The lowest BCUT2D eigenvalue weighted by Gasteiger charge is -2.40. The smallest absolute Gasteiger partial charge is 0.174 e. The number of benzene rings is 1. The quantitative estimate of drug-likeness (QED) is 0.848. The number of Topliss-reactive ketones (excluding diaryl/α,β-unsaturated/α-hetero) is 1. The van der Waals surface area contributed by atoms with Crippen LogP contribution in [0.15, 0.2) is 6.07 Å². The summed E-state index contributed by atoms with van der Waals surface area (Å²) < 4.78 is 5.51. The Kier molecular flexibility index (Phi) is 3.68. The first-order valence-corrected chi connectivity index (χ1v) is 6.86. The predicted octanol–water partition coefficient (Wildman–Crippen LogP) is 2.93. The van der Waals surface area contributed by atoms with Crippen molar-refractivity contribution in [3.8, 4) is 5.75 Å². The monoisotopic (exact) mass is 261 g/mol. The minimum absolute atomic E-state index is 0.165. The van der Waals surface area contributed by atoms with Gasteiger partial charge >= 0.3 is 0 Å². The third kappa shape index (κ3) is 2.06. The SMILES string of the molecule is COc1c(C)c(C)cc(C)c1C(=O)C1(CN)CCC1. The van der Waals surface area contributed by atoms with Crippen LogP contribution in [0.2, 0.25) is 0 Å². The minimum atomic E-state index is -0.347. The van der Waals surface area contributed by atoms with Gasteiger partial charge in [-0.1, -0.05) is 12.5 Å². The number of methoxy groups -OCH3 is 1. The Hall–Kier alpha value is -1.35. The fourth-order valence-corrected chi connectivity index (χ4v) is 2.98. The van der Waals surface area contributed by atoms with Gasteiger partial charge in [0, 0.05) is 12.0 Å². The Labute approximate surface area is 115 Å². The van der Waals surface area contributed by atoms with Gasteiger partial charge in [-0.05, 0) is 50.3 Å². The molecule has 0 amide bonds. The molecule has 104 valence electrons. The van der Waals surface area contributed by atoms with E-state index in [9.17, 15) is 4.79 Å². The van der Waals surface area contributed by atoms with Crippen LogP contribution in [0.25, 0.3) is 0 Å². The summed E-state index contributed by atoms with van der Waals surface area (Å²) in [5.74, 6) is 0.890. The molecule has 2 N–H and O–H groups in total. The first kappa shape index (κ1) is 14.1. The van der Waals surface area contributed by atoms with E-state index in [1.165, 1.54) is 0 Å². The van der Waals surface area contributed by atoms with E-state index >= 15 is 0 Å². The van der Waals surface area contributed by atoms with Crippen molar-refractivity contribution >= 4 is 5.78 Å². The van der Waals surface area contributed by atoms with E-state index in [-0.39, 0.29) is 11.2 Å². The molecule has 19 heavy (non-hydrogen) atoms. The van der Waals surface area contributed by atoms with Crippen LogP contribution in [-0.4, -0.2) is 19.4 Å². The molecule has 1 fully saturated rings. The average Bonchev–Trinajstić information content (AvgIpc) is 2.32. The van der Waals surface area contributed by atoms with Gasteiger partial charge in [-0.15, -0.1) is 0 Å². The fraction of sp³-hybridized carbons (Fsp3) is 0.562. The van der Waals surface area contributed by atoms with E-state index in [1.54, 1.807) is 7.11 Å². The Balaban J connectivity index is 2.56. The summed E-state index contributed by atoms with van der Waals surface area (Å²) in [4.78, 5) is 12.9. The number of hydrogen-bond acceptors (Lipinski definition) is 3. The number of rotatable bonds is 4. The maximum Gasteiger partial charge on any atom is 0.174 e. The normalized spacial score (nSPS) is 16.9. The number of carbonyl (C=O) groups excluding carboxylic acids is 1. The molecule has 0 bridgehead atoms. The Morgan fingerprint density at radius 2 is 1.95 bits per heavy atom. The third-order valence-corrected chi connectivity index (χ3v) is 4.60. The van der Waals surface area contributed by atoms with Crippen molar-refractivity contribution in [2.24, 2.45) is 11.1 Å². The van der Waals surface area contributed by atoms with Gasteiger partial charge in [0.15, 0.2) is 5.78 Å². The van der Waals surface area contributed by atoms with Crippen molar-refractivity contribution in [1.29, 1.82) is 0 Å². The van der Waals surface area contributed by atoms with E-state index in [0.717, 1.165) is 47.3 Å². The topological polar surface area (TPSA) is 52.3 Å². The zero-order chi connectivity index (χ0) is 14.2. The van der Waals surface area contributed by atoms with Gasteiger partial charge in [-0.25, -0.2) is 0 Å². The molecule has 0 radical (unpaired) electrons. The second-order valence-electron chi connectivity index (χ2n) is 5.71. The van der Waals surface area contributed by atoms with Crippen LogP contribution in [0.3, 0.4) is 0 Å². The lowest BCUT2D eigenvalue weighted by atomic mass is 9.64. The van der Waals surface area contributed by atoms with Crippen molar-refractivity contribution in [1.82, 2.24) is 0 Å². The molecule has 0 spiro atoms. The standard InChI is InChI=1S/C16H23NO2/c1-10-8-11(2)13(14(19-4)12(10)3)15(18)16(9-17)6-5-7-16/h8H,5-7,9,17H2,1-4H3. The van der Waals surface area contributed by atoms with Crippen LogP contribution in [0.5, 0.6) is 5.75 Å². The van der Waals surface area contributed by atoms with Gasteiger partial charge in [0.1, 0.15) is 5.75 Å². The largest absolute Gasteiger partial charge is 0.496 e. The highest BCUT2D eigenvalue weighted by Crippen LogP contribution is 2.45. The van der Waals surface area contributed by atoms with Crippen LogP contribution in [0, 0.1) is 26.2 Å². The highest BCUT2D eigenvalue weighted by Gasteiger charge is 2.44. The number of aryl methyl sites for hydroxylation is 2. The molecule has 3 heteroatoms. The molecule has 1 aliphatic carbocycles. The molecule has 0 unspecified atom stereocenters. The number of nitrogens with two attached hydrogens (primary N) is 1. The molecule has 2 rings (SSSR count). The van der Waals surface area contributed by atoms with Crippen molar-refractivity contribution in [3.63, 3.8) is 0 Å². The number of ether oxygens (including phenoxy) is 1. The Morgan fingerprint density at radius 3 is 2.37 bits per heavy atom. The van der Waals surface area contributed by atoms with Gasteiger partial charge in [0.2, 0.25) is 0 Å². The van der Waals surface area contributed by atoms with Crippen molar-refractivity contribution in [3.05, 3.63) is 28.3 Å². The van der Waals surface area contributed by atoms with E-state index in [1.807, 2.05) is 20.8 Å². The first-order chi connectivity index (χ1) is 8.96. The second-order valence-corrected chi connectivity index (χ2v) is 5.71. The number of carbonyl (C=O) groups is 1. The summed E-state index contributed by atoms with van der Waals surface area (Å²) >= 11 is 0.